The van der Waals surface area contributed by atoms with Crippen molar-refractivity contribution in [3.05, 3.63) is 12.2 Å². The monoisotopic (exact) mass is 238 g/mol. The highest BCUT2D eigenvalue weighted by Gasteiger charge is 2.14. The molecule has 0 aliphatic carbocycles. The molecule has 1 N–H and O–H groups in total. The second-order valence-electron chi connectivity index (χ2n) is 5.16. The fraction of sp³-hybridized carbons (Fsp3) is 0.846. The number of aromatic nitrogens is 3. The van der Waals surface area contributed by atoms with Crippen LogP contribution in [0.3, 0.4) is 0 Å². The van der Waals surface area contributed by atoms with Crippen LogP contribution in [0.1, 0.15) is 52.9 Å². The molecule has 17 heavy (non-hydrogen) atoms. The quantitative estimate of drug-likeness (QED) is 0.793. The molecule has 1 heterocycles. The molecule has 1 aromatic rings. The van der Waals surface area contributed by atoms with Gasteiger partial charge in [-0.05, 0) is 32.7 Å². The maximum atomic E-state index is 4.35. The maximum Gasteiger partial charge on any atom is 0.138 e. The van der Waals surface area contributed by atoms with Gasteiger partial charge in [-0.1, -0.05) is 20.8 Å². The first-order valence-corrected chi connectivity index (χ1v) is 6.68. The molecule has 1 unspecified atom stereocenters. The summed E-state index contributed by atoms with van der Waals surface area (Å²) < 4.78 is 2.02. The molecule has 0 aliphatic heterocycles. The molecule has 1 atom stereocenters. The number of aryl methyl sites for hydroxylation is 1. The van der Waals surface area contributed by atoms with Gasteiger partial charge >= 0.3 is 0 Å². The van der Waals surface area contributed by atoms with Gasteiger partial charge in [-0.15, -0.1) is 0 Å². The Kier molecular flexibility index (Phi) is 5.62. The largest absolute Gasteiger partial charge is 0.314 e. The fourth-order valence-electron chi connectivity index (χ4n) is 2.10. The SMILES string of the molecule is CCNC(CCc1ncnn1C(C)C)C(C)C. The van der Waals surface area contributed by atoms with Gasteiger partial charge in [0.15, 0.2) is 0 Å². The van der Waals surface area contributed by atoms with E-state index in [0.29, 0.717) is 18.0 Å². The minimum absolute atomic E-state index is 0.393. The van der Waals surface area contributed by atoms with Crippen molar-refractivity contribution in [2.24, 2.45) is 5.92 Å². The van der Waals surface area contributed by atoms with Crippen molar-refractivity contribution < 1.29 is 0 Å². The fourth-order valence-corrected chi connectivity index (χ4v) is 2.10. The van der Waals surface area contributed by atoms with E-state index in [2.05, 4.69) is 50.0 Å². The van der Waals surface area contributed by atoms with Crippen molar-refractivity contribution in [1.29, 1.82) is 0 Å². The van der Waals surface area contributed by atoms with Gasteiger partial charge in [0.2, 0.25) is 0 Å². The molecule has 0 fully saturated rings. The lowest BCUT2D eigenvalue weighted by Gasteiger charge is -2.21. The van der Waals surface area contributed by atoms with Crippen LogP contribution in [-0.4, -0.2) is 27.4 Å². The molecule has 0 aliphatic rings. The van der Waals surface area contributed by atoms with E-state index in [1.54, 1.807) is 6.33 Å². The summed E-state index contributed by atoms with van der Waals surface area (Å²) in [5, 5.41) is 7.81. The first kappa shape index (κ1) is 14.2. The van der Waals surface area contributed by atoms with Gasteiger partial charge in [-0.3, -0.25) is 0 Å². The summed E-state index contributed by atoms with van der Waals surface area (Å²) in [6, 6.07) is 0.960. The first-order chi connectivity index (χ1) is 8.06. The van der Waals surface area contributed by atoms with Crippen LogP contribution in [0, 0.1) is 5.92 Å². The lowest BCUT2D eigenvalue weighted by atomic mass is 9.99. The summed E-state index contributed by atoms with van der Waals surface area (Å²) in [6.07, 6.45) is 3.78. The molecule has 98 valence electrons. The van der Waals surface area contributed by atoms with Gasteiger partial charge in [0.25, 0.3) is 0 Å². The van der Waals surface area contributed by atoms with E-state index in [0.717, 1.165) is 25.2 Å². The van der Waals surface area contributed by atoms with Gasteiger partial charge in [0, 0.05) is 18.5 Å². The average molecular weight is 238 g/mol. The van der Waals surface area contributed by atoms with Gasteiger partial charge in [0.1, 0.15) is 12.2 Å². The summed E-state index contributed by atoms with van der Waals surface area (Å²) >= 11 is 0. The van der Waals surface area contributed by atoms with Crippen molar-refractivity contribution in [3.8, 4) is 0 Å². The van der Waals surface area contributed by atoms with E-state index in [1.165, 1.54) is 0 Å². The standard InChI is InChI=1S/C13H26N4/c1-6-14-12(10(2)3)7-8-13-15-9-16-17(13)11(4)5/h9-12,14H,6-8H2,1-5H3. The summed E-state index contributed by atoms with van der Waals surface area (Å²) in [6.45, 7) is 12.0. The zero-order valence-corrected chi connectivity index (χ0v) is 11.8. The molecule has 0 aromatic carbocycles. The van der Waals surface area contributed by atoms with Gasteiger partial charge in [0.05, 0.1) is 0 Å². The highest BCUT2D eigenvalue weighted by atomic mass is 15.3. The lowest BCUT2D eigenvalue weighted by molar-refractivity contribution is 0.377. The van der Waals surface area contributed by atoms with Gasteiger partial charge in [-0.2, -0.15) is 5.10 Å². The highest BCUT2D eigenvalue weighted by molar-refractivity contribution is 4.88. The molecule has 0 spiro atoms. The molecule has 0 bridgehead atoms. The molecule has 0 saturated carbocycles. The molecule has 0 saturated heterocycles. The van der Waals surface area contributed by atoms with Crippen molar-refractivity contribution in [3.63, 3.8) is 0 Å². The Morgan fingerprint density at radius 3 is 2.53 bits per heavy atom. The number of hydrogen-bond acceptors (Lipinski definition) is 3. The van der Waals surface area contributed by atoms with E-state index in [9.17, 15) is 0 Å². The average Bonchev–Trinajstić information content (AvgIpc) is 2.71. The molecule has 0 radical (unpaired) electrons. The van der Waals surface area contributed by atoms with Crippen LogP contribution in [0.4, 0.5) is 0 Å². The number of rotatable bonds is 7. The van der Waals surface area contributed by atoms with Crippen molar-refractivity contribution in [1.82, 2.24) is 20.1 Å². The Hall–Kier alpha value is -0.900. The highest BCUT2D eigenvalue weighted by Crippen LogP contribution is 2.12. The first-order valence-electron chi connectivity index (χ1n) is 6.68. The van der Waals surface area contributed by atoms with Crippen LogP contribution in [0.25, 0.3) is 0 Å². The molecule has 1 rings (SSSR count). The molecule has 0 amide bonds. The Morgan fingerprint density at radius 1 is 1.29 bits per heavy atom. The van der Waals surface area contributed by atoms with Crippen LogP contribution in [0.2, 0.25) is 0 Å². The Bertz CT molecular complexity index is 317. The van der Waals surface area contributed by atoms with E-state index in [4.69, 9.17) is 0 Å². The molecular formula is C13H26N4. The normalized spacial score (nSPS) is 13.6. The van der Waals surface area contributed by atoms with E-state index < -0.39 is 0 Å². The maximum absolute atomic E-state index is 4.35. The van der Waals surface area contributed by atoms with E-state index in [1.807, 2.05) is 4.68 Å². The topological polar surface area (TPSA) is 42.7 Å². The Morgan fingerprint density at radius 2 is 2.00 bits per heavy atom. The van der Waals surface area contributed by atoms with Crippen LogP contribution in [0.5, 0.6) is 0 Å². The third-order valence-electron chi connectivity index (χ3n) is 3.09. The van der Waals surface area contributed by atoms with Gasteiger partial charge < -0.3 is 5.32 Å². The summed E-state index contributed by atoms with van der Waals surface area (Å²) in [4.78, 5) is 4.35. The van der Waals surface area contributed by atoms with Crippen LogP contribution in [-0.2, 0) is 6.42 Å². The summed E-state index contributed by atoms with van der Waals surface area (Å²) in [5.41, 5.74) is 0. The lowest BCUT2D eigenvalue weighted by Crippen LogP contribution is -2.34. The minimum atomic E-state index is 0.393. The molecule has 1 aromatic heterocycles. The van der Waals surface area contributed by atoms with Crippen LogP contribution < -0.4 is 5.32 Å². The van der Waals surface area contributed by atoms with Crippen LogP contribution >= 0.6 is 0 Å². The second-order valence-corrected chi connectivity index (χ2v) is 5.16. The van der Waals surface area contributed by atoms with Crippen molar-refractivity contribution in [2.75, 3.05) is 6.54 Å². The third kappa shape index (κ3) is 4.11. The van der Waals surface area contributed by atoms with Gasteiger partial charge in [-0.25, -0.2) is 9.67 Å². The van der Waals surface area contributed by atoms with E-state index >= 15 is 0 Å². The van der Waals surface area contributed by atoms with Crippen molar-refractivity contribution in [2.45, 2.75) is 59.5 Å². The molecule has 4 nitrogen and oxygen atoms in total. The zero-order valence-electron chi connectivity index (χ0n) is 11.8. The predicted molar refractivity (Wildman–Crippen MR) is 71.0 cm³/mol. The summed E-state index contributed by atoms with van der Waals surface area (Å²) in [7, 11) is 0. The zero-order chi connectivity index (χ0) is 12.8. The van der Waals surface area contributed by atoms with Crippen LogP contribution in [0.15, 0.2) is 6.33 Å². The summed E-state index contributed by atoms with van der Waals surface area (Å²) in [5.74, 6) is 1.76. The Labute approximate surface area is 105 Å². The number of nitrogens with one attached hydrogen (secondary N) is 1. The molecule has 4 heteroatoms. The second kappa shape index (κ2) is 6.74. The number of hydrogen-bond donors (Lipinski definition) is 1. The van der Waals surface area contributed by atoms with Crippen molar-refractivity contribution >= 4 is 0 Å². The predicted octanol–water partition coefficient (Wildman–Crippen LogP) is 2.43. The third-order valence-corrected chi connectivity index (χ3v) is 3.09. The molecular weight excluding hydrogens is 212 g/mol. The smallest absolute Gasteiger partial charge is 0.138 e. The van der Waals surface area contributed by atoms with E-state index in [-0.39, 0.29) is 0 Å². The Balaban J connectivity index is 2.56. The minimum Gasteiger partial charge on any atom is -0.314 e. The number of nitrogens with zero attached hydrogens (tertiary/aromatic N) is 3.